The number of nitro groups is 1. The van der Waals surface area contributed by atoms with Gasteiger partial charge in [-0.05, 0) is 30.4 Å². The Balaban J connectivity index is 1.98. The van der Waals surface area contributed by atoms with Crippen molar-refractivity contribution in [3.05, 3.63) is 55.9 Å². The monoisotopic (exact) mass is 398 g/mol. The molecule has 0 aliphatic heterocycles. The summed E-state index contributed by atoms with van der Waals surface area (Å²) in [7, 11) is 0. The largest absolute Gasteiger partial charge is 0.360 e. The fraction of sp³-hybridized carbons (Fsp3) is 0.0714. The van der Waals surface area contributed by atoms with Crippen molar-refractivity contribution in [2.24, 2.45) is 0 Å². The topological polar surface area (TPSA) is 111 Å². The van der Waals surface area contributed by atoms with Gasteiger partial charge in [0.25, 0.3) is 5.91 Å². The molecule has 0 saturated carbocycles. The molecule has 3 rings (SSSR count). The molecule has 0 atom stereocenters. The van der Waals surface area contributed by atoms with E-state index in [-0.39, 0.29) is 27.2 Å². The van der Waals surface area contributed by atoms with E-state index in [2.05, 4.69) is 15.5 Å². The molecule has 0 fully saturated rings. The Bertz CT molecular complexity index is 965. The third kappa shape index (κ3) is 3.34. The Morgan fingerprint density at radius 2 is 2.04 bits per heavy atom. The first kappa shape index (κ1) is 17.3. The fourth-order valence-corrected chi connectivity index (χ4v) is 3.31. The Labute approximate surface area is 154 Å². The highest BCUT2D eigenvalue weighted by molar-refractivity contribution is 7.18. The molecule has 0 bridgehead atoms. The maximum Gasteiger partial charge on any atom is 0.345 e. The van der Waals surface area contributed by atoms with Crippen molar-refractivity contribution in [2.45, 2.75) is 6.92 Å². The van der Waals surface area contributed by atoms with Gasteiger partial charge < -0.3 is 4.52 Å². The standard InChI is InChI=1S/C14H8Cl2N4O4S/c1-6-10(13(21)18-14-17-5-9(25-14)20(22)23)12(19-24-6)11-7(15)3-2-4-8(11)16/h2-5H,1H3,(H,17,18,21). The minimum absolute atomic E-state index is 0.0773. The highest BCUT2D eigenvalue weighted by Crippen LogP contribution is 2.37. The molecule has 128 valence electrons. The number of thiazole rings is 1. The number of nitrogens with one attached hydrogen (secondary N) is 1. The summed E-state index contributed by atoms with van der Waals surface area (Å²) in [6, 6.07) is 4.88. The summed E-state index contributed by atoms with van der Waals surface area (Å²) in [6.45, 7) is 1.56. The molecule has 2 heterocycles. The van der Waals surface area contributed by atoms with Gasteiger partial charge >= 0.3 is 5.00 Å². The van der Waals surface area contributed by atoms with Gasteiger partial charge in [0.2, 0.25) is 0 Å². The van der Waals surface area contributed by atoms with E-state index in [4.69, 9.17) is 27.7 Å². The van der Waals surface area contributed by atoms with Crippen molar-refractivity contribution < 1.29 is 14.2 Å². The van der Waals surface area contributed by atoms with Crippen molar-refractivity contribution >= 4 is 50.6 Å². The molecule has 1 N–H and O–H groups in total. The average Bonchev–Trinajstić information content (AvgIpc) is 3.14. The number of anilines is 1. The molecular weight excluding hydrogens is 391 g/mol. The predicted molar refractivity (Wildman–Crippen MR) is 93.4 cm³/mol. The minimum Gasteiger partial charge on any atom is -0.360 e. The number of hydrogen-bond acceptors (Lipinski definition) is 7. The molecule has 1 aromatic carbocycles. The minimum atomic E-state index is -0.590. The first-order valence-electron chi connectivity index (χ1n) is 6.70. The maximum absolute atomic E-state index is 12.6. The van der Waals surface area contributed by atoms with E-state index in [9.17, 15) is 14.9 Å². The highest BCUT2D eigenvalue weighted by atomic mass is 35.5. The lowest BCUT2D eigenvalue weighted by atomic mass is 10.1. The molecule has 0 unspecified atom stereocenters. The molecule has 0 spiro atoms. The van der Waals surface area contributed by atoms with Crippen LogP contribution in [-0.2, 0) is 0 Å². The molecule has 3 aromatic rings. The van der Waals surface area contributed by atoms with Gasteiger partial charge in [-0.1, -0.05) is 34.4 Å². The van der Waals surface area contributed by atoms with Crippen molar-refractivity contribution in [1.82, 2.24) is 10.1 Å². The van der Waals surface area contributed by atoms with Crippen LogP contribution in [-0.4, -0.2) is 21.0 Å². The van der Waals surface area contributed by atoms with Crippen molar-refractivity contribution in [3.8, 4) is 11.3 Å². The van der Waals surface area contributed by atoms with Crippen LogP contribution in [0.2, 0.25) is 10.0 Å². The van der Waals surface area contributed by atoms with E-state index in [0.717, 1.165) is 17.5 Å². The van der Waals surface area contributed by atoms with Gasteiger partial charge in [-0.25, -0.2) is 4.98 Å². The molecule has 11 heteroatoms. The summed E-state index contributed by atoms with van der Waals surface area (Å²) in [5.41, 5.74) is 0.655. The smallest absolute Gasteiger partial charge is 0.345 e. The van der Waals surface area contributed by atoms with Crippen molar-refractivity contribution in [2.75, 3.05) is 5.32 Å². The number of aromatic nitrogens is 2. The number of carbonyl (C=O) groups is 1. The zero-order chi connectivity index (χ0) is 18.1. The van der Waals surface area contributed by atoms with Crippen LogP contribution in [0.5, 0.6) is 0 Å². The Kier molecular flexibility index (Phi) is 4.71. The van der Waals surface area contributed by atoms with Gasteiger partial charge in [-0.15, -0.1) is 0 Å². The molecule has 2 aromatic heterocycles. The van der Waals surface area contributed by atoms with Crippen LogP contribution in [0.1, 0.15) is 16.1 Å². The predicted octanol–water partition coefficient (Wildman–Crippen LogP) is 4.57. The van der Waals surface area contributed by atoms with Gasteiger partial charge in [-0.3, -0.25) is 20.2 Å². The quantitative estimate of drug-likeness (QED) is 0.508. The van der Waals surface area contributed by atoms with Crippen LogP contribution in [0.25, 0.3) is 11.3 Å². The number of hydrogen-bond donors (Lipinski definition) is 1. The fourth-order valence-electron chi connectivity index (χ4n) is 2.10. The zero-order valence-corrected chi connectivity index (χ0v) is 14.8. The first-order valence-corrected chi connectivity index (χ1v) is 8.28. The molecule has 0 saturated heterocycles. The number of halogens is 2. The van der Waals surface area contributed by atoms with Gasteiger partial charge in [0.15, 0.2) is 5.13 Å². The van der Waals surface area contributed by atoms with Crippen LogP contribution in [0.3, 0.4) is 0 Å². The molecule has 8 nitrogen and oxygen atoms in total. The first-order chi connectivity index (χ1) is 11.9. The van der Waals surface area contributed by atoms with Gasteiger partial charge in [0.1, 0.15) is 23.2 Å². The zero-order valence-electron chi connectivity index (χ0n) is 12.4. The van der Waals surface area contributed by atoms with E-state index < -0.39 is 10.8 Å². The Morgan fingerprint density at radius 3 is 2.64 bits per heavy atom. The summed E-state index contributed by atoms with van der Waals surface area (Å²) in [5.74, 6) is -0.344. The second-order valence-corrected chi connectivity index (χ2v) is 6.60. The van der Waals surface area contributed by atoms with Crippen molar-refractivity contribution in [1.29, 1.82) is 0 Å². The number of rotatable bonds is 4. The highest BCUT2D eigenvalue weighted by Gasteiger charge is 2.26. The van der Waals surface area contributed by atoms with Crippen LogP contribution >= 0.6 is 34.5 Å². The van der Waals surface area contributed by atoms with Crippen LogP contribution in [0.15, 0.2) is 28.9 Å². The lowest BCUT2D eigenvalue weighted by molar-refractivity contribution is -0.380. The van der Waals surface area contributed by atoms with Gasteiger partial charge in [0.05, 0.1) is 15.0 Å². The molecule has 0 radical (unpaired) electrons. The number of aryl methyl sites for hydroxylation is 1. The van der Waals surface area contributed by atoms with Gasteiger partial charge in [0, 0.05) is 5.56 Å². The van der Waals surface area contributed by atoms with E-state index in [1.165, 1.54) is 0 Å². The third-order valence-electron chi connectivity index (χ3n) is 3.18. The normalized spacial score (nSPS) is 10.7. The Hall–Kier alpha value is -2.49. The Morgan fingerprint density at radius 1 is 1.36 bits per heavy atom. The van der Waals surface area contributed by atoms with Crippen molar-refractivity contribution in [3.63, 3.8) is 0 Å². The number of carbonyl (C=O) groups excluding carboxylic acids is 1. The van der Waals surface area contributed by atoms with E-state index >= 15 is 0 Å². The number of amides is 1. The maximum atomic E-state index is 12.6. The van der Waals surface area contributed by atoms with Crippen LogP contribution in [0, 0.1) is 17.0 Å². The van der Waals surface area contributed by atoms with Crippen LogP contribution in [0.4, 0.5) is 10.1 Å². The van der Waals surface area contributed by atoms with E-state index in [1.54, 1.807) is 25.1 Å². The molecule has 1 amide bonds. The van der Waals surface area contributed by atoms with E-state index in [0.29, 0.717) is 15.6 Å². The SMILES string of the molecule is Cc1onc(-c2c(Cl)cccc2Cl)c1C(=O)Nc1ncc([N+](=O)[O-])s1. The summed E-state index contributed by atoms with van der Waals surface area (Å²) in [4.78, 5) is 26.5. The summed E-state index contributed by atoms with van der Waals surface area (Å²) < 4.78 is 5.11. The number of benzene rings is 1. The summed E-state index contributed by atoms with van der Waals surface area (Å²) >= 11 is 13.1. The summed E-state index contributed by atoms with van der Waals surface area (Å²) in [6.07, 6.45) is 1.06. The molecule has 0 aliphatic rings. The number of nitrogens with zero attached hydrogens (tertiary/aromatic N) is 3. The summed E-state index contributed by atoms with van der Waals surface area (Å²) in [5, 5.41) is 17.6. The second kappa shape index (κ2) is 6.79. The van der Waals surface area contributed by atoms with Gasteiger partial charge in [-0.2, -0.15) is 0 Å². The van der Waals surface area contributed by atoms with Crippen LogP contribution < -0.4 is 5.32 Å². The third-order valence-corrected chi connectivity index (χ3v) is 4.68. The lowest BCUT2D eigenvalue weighted by Gasteiger charge is -2.06. The molecular formula is C14H8Cl2N4O4S. The van der Waals surface area contributed by atoms with E-state index in [1.807, 2.05) is 0 Å². The second-order valence-electron chi connectivity index (χ2n) is 4.77. The lowest BCUT2D eigenvalue weighted by Crippen LogP contribution is -2.13. The molecule has 0 aliphatic carbocycles. The molecule has 25 heavy (non-hydrogen) atoms. The average molecular weight is 399 g/mol.